The van der Waals surface area contributed by atoms with Crippen LogP contribution in [0, 0.1) is 0 Å². The lowest BCUT2D eigenvalue weighted by molar-refractivity contribution is -0.124. The van der Waals surface area contributed by atoms with Crippen LogP contribution in [0.3, 0.4) is 0 Å². The third-order valence-electron chi connectivity index (χ3n) is 3.69. The van der Waals surface area contributed by atoms with E-state index in [1.54, 1.807) is 24.3 Å². The van der Waals surface area contributed by atoms with E-state index in [9.17, 15) is 9.90 Å². The van der Waals surface area contributed by atoms with Crippen LogP contribution in [-0.4, -0.2) is 49.8 Å². The first-order valence-corrected chi connectivity index (χ1v) is 9.79. The molecular formula is C20H21Cl3O5. The number of aliphatic hydroxyl groups is 1. The van der Waals surface area contributed by atoms with Crippen LogP contribution in [0.1, 0.15) is 11.1 Å². The summed E-state index contributed by atoms with van der Waals surface area (Å²) in [6.45, 7) is 0.0130. The summed E-state index contributed by atoms with van der Waals surface area (Å²) in [6, 6.07) is 10.9. The highest BCUT2D eigenvalue weighted by Gasteiger charge is 2.12. The van der Waals surface area contributed by atoms with Crippen LogP contribution < -0.4 is 9.47 Å². The fourth-order valence-electron chi connectivity index (χ4n) is 2.38. The highest BCUT2D eigenvalue weighted by molar-refractivity contribution is 6.37. The topological polar surface area (TPSA) is 65.0 Å². The van der Waals surface area contributed by atoms with Crippen molar-refractivity contribution in [2.75, 3.05) is 32.8 Å². The van der Waals surface area contributed by atoms with E-state index in [4.69, 9.17) is 49.0 Å². The van der Waals surface area contributed by atoms with Crippen molar-refractivity contribution in [1.82, 2.24) is 0 Å². The Morgan fingerprint density at radius 2 is 1.68 bits per heavy atom. The van der Waals surface area contributed by atoms with Crippen LogP contribution in [0.4, 0.5) is 0 Å². The Bertz CT molecular complexity index is 757. The molecule has 8 heteroatoms. The van der Waals surface area contributed by atoms with Gasteiger partial charge in [0.05, 0.1) is 15.9 Å². The molecule has 1 N–H and O–H groups in total. The maximum absolute atomic E-state index is 11.4. The van der Waals surface area contributed by atoms with E-state index in [2.05, 4.69) is 0 Å². The normalized spacial score (nSPS) is 11.9. The highest BCUT2D eigenvalue weighted by Crippen LogP contribution is 2.35. The van der Waals surface area contributed by atoms with Gasteiger partial charge < -0.3 is 19.3 Å². The van der Waals surface area contributed by atoms with Gasteiger partial charge in [-0.3, -0.25) is 4.79 Å². The van der Waals surface area contributed by atoms with Gasteiger partial charge in [0.25, 0.3) is 0 Å². The second-order valence-electron chi connectivity index (χ2n) is 6.09. The van der Waals surface area contributed by atoms with Crippen LogP contribution in [0.15, 0.2) is 36.4 Å². The lowest BCUT2D eigenvalue weighted by Gasteiger charge is -2.14. The minimum Gasteiger partial charge on any atom is -0.488 e. The molecule has 0 saturated carbocycles. The average molecular weight is 448 g/mol. The molecule has 0 aliphatic heterocycles. The molecule has 0 saturated heterocycles. The summed E-state index contributed by atoms with van der Waals surface area (Å²) in [5.74, 6) is 0.858. The molecule has 2 aromatic carbocycles. The Morgan fingerprint density at radius 1 is 1.04 bits per heavy atom. The number of carbonyl (C=O) groups excluding carboxylic acids is 1. The minimum atomic E-state index is -0.793. The van der Waals surface area contributed by atoms with Crippen LogP contribution in [0.2, 0.25) is 10.0 Å². The maximum atomic E-state index is 11.4. The van der Waals surface area contributed by atoms with E-state index >= 15 is 0 Å². The molecular weight excluding hydrogens is 427 g/mol. The molecule has 0 radical (unpaired) electrons. The van der Waals surface area contributed by atoms with E-state index in [1.807, 2.05) is 12.1 Å². The first-order valence-electron chi connectivity index (χ1n) is 8.50. The van der Waals surface area contributed by atoms with Gasteiger partial charge in [-0.25, -0.2) is 0 Å². The number of halogens is 3. The molecule has 2 rings (SSSR count). The number of ether oxygens (including phenoxy) is 3. The fraction of sp³-hybridized carbons (Fsp3) is 0.350. The molecule has 0 aliphatic rings. The molecule has 0 bridgehead atoms. The van der Waals surface area contributed by atoms with Gasteiger partial charge in [0, 0.05) is 7.11 Å². The number of hydrogen-bond donors (Lipinski definition) is 1. The van der Waals surface area contributed by atoms with Crippen LogP contribution in [0.25, 0.3) is 0 Å². The van der Waals surface area contributed by atoms with Crippen molar-refractivity contribution in [3.8, 4) is 11.5 Å². The van der Waals surface area contributed by atoms with Gasteiger partial charge in [-0.1, -0.05) is 35.3 Å². The average Bonchev–Trinajstić information content (AvgIpc) is 2.67. The molecule has 1 unspecified atom stereocenters. The Morgan fingerprint density at radius 3 is 2.25 bits per heavy atom. The van der Waals surface area contributed by atoms with Gasteiger partial charge in [-0.2, -0.15) is 0 Å². The second-order valence-corrected chi connectivity index (χ2v) is 7.21. The van der Waals surface area contributed by atoms with E-state index < -0.39 is 6.10 Å². The molecule has 0 heterocycles. The highest BCUT2D eigenvalue weighted by atomic mass is 35.5. The lowest BCUT2D eigenvalue weighted by atomic mass is 10.0. The molecule has 28 heavy (non-hydrogen) atoms. The Balaban J connectivity index is 1.98. The predicted molar refractivity (Wildman–Crippen MR) is 110 cm³/mol. The number of carbonyl (C=O) groups is 1. The summed E-state index contributed by atoms with van der Waals surface area (Å²) < 4.78 is 15.6. The zero-order valence-corrected chi connectivity index (χ0v) is 17.6. The number of Topliss-reactive ketones (excluding diaryl/α,β-unsaturated/α-hetero) is 1. The second kappa shape index (κ2) is 11.5. The van der Waals surface area contributed by atoms with Crippen molar-refractivity contribution in [2.45, 2.75) is 12.5 Å². The Labute approximate surface area is 179 Å². The number of ketones is 1. The van der Waals surface area contributed by atoms with Crippen molar-refractivity contribution in [2.24, 2.45) is 0 Å². The summed E-state index contributed by atoms with van der Waals surface area (Å²) >= 11 is 18.1. The van der Waals surface area contributed by atoms with E-state index in [0.717, 1.165) is 11.1 Å². The SMILES string of the molecule is COCC(=O)COc1ccc(Cc2cc(Cl)c(OCC(O)CCl)c(Cl)c2)cc1. The van der Waals surface area contributed by atoms with Crippen LogP contribution in [0.5, 0.6) is 11.5 Å². The summed E-state index contributed by atoms with van der Waals surface area (Å²) in [5, 5.41) is 10.2. The van der Waals surface area contributed by atoms with Gasteiger partial charge >= 0.3 is 0 Å². The standard InChI is InChI=1S/C20H21Cl3O5/c1-26-10-16(25)12-27-17-4-2-13(3-5-17)6-14-7-18(22)20(19(23)8-14)28-11-15(24)9-21/h2-5,7-8,15,24H,6,9-12H2,1H3. The van der Waals surface area contributed by atoms with Crippen LogP contribution >= 0.6 is 34.8 Å². The van der Waals surface area contributed by atoms with E-state index in [0.29, 0.717) is 28.0 Å². The lowest BCUT2D eigenvalue weighted by Crippen LogP contribution is -2.19. The molecule has 5 nitrogen and oxygen atoms in total. The Hall–Kier alpha value is -1.50. The third kappa shape index (κ3) is 7.15. The maximum Gasteiger partial charge on any atom is 0.195 e. The molecule has 0 spiro atoms. The number of aliphatic hydroxyl groups excluding tert-OH is 1. The molecule has 0 aliphatic carbocycles. The smallest absolute Gasteiger partial charge is 0.195 e. The van der Waals surface area contributed by atoms with Gasteiger partial charge in [0.15, 0.2) is 11.5 Å². The summed E-state index contributed by atoms with van der Waals surface area (Å²) in [4.78, 5) is 11.4. The molecule has 0 aromatic heterocycles. The van der Waals surface area contributed by atoms with Gasteiger partial charge in [0.2, 0.25) is 0 Å². The molecule has 0 fully saturated rings. The molecule has 0 amide bonds. The minimum absolute atomic E-state index is 0.0105. The van der Waals surface area contributed by atoms with E-state index in [-0.39, 0.29) is 31.5 Å². The third-order valence-corrected chi connectivity index (χ3v) is 4.61. The van der Waals surface area contributed by atoms with Gasteiger partial charge in [-0.05, 0) is 41.8 Å². The quantitative estimate of drug-likeness (QED) is 0.524. The van der Waals surface area contributed by atoms with E-state index in [1.165, 1.54) is 7.11 Å². The van der Waals surface area contributed by atoms with Crippen molar-refractivity contribution in [3.63, 3.8) is 0 Å². The number of alkyl halides is 1. The summed E-state index contributed by atoms with van der Waals surface area (Å²) in [7, 11) is 1.47. The molecule has 2 aromatic rings. The van der Waals surface area contributed by atoms with Crippen LogP contribution in [-0.2, 0) is 16.0 Å². The van der Waals surface area contributed by atoms with Crippen molar-refractivity contribution in [3.05, 3.63) is 57.6 Å². The first-order chi connectivity index (χ1) is 13.4. The largest absolute Gasteiger partial charge is 0.488 e. The van der Waals surface area contributed by atoms with Crippen molar-refractivity contribution >= 4 is 40.6 Å². The molecule has 152 valence electrons. The summed E-state index contributed by atoms with van der Waals surface area (Å²) in [5.41, 5.74) is 1.93. The number of methoxy groups -OCH3 is 1. The number of rotatable bonds is 11. The number of benzene rings is 2. The predicted octanol–water partition coefficient (Wildman–Crippen LogP) is 4.16. The Kier molecular flexibility index (Phi) is 9.35. The zero-order valence-electron chi connectivity index (χ0n) is 15.3. The van der Waals surface area contributed by atoms with Crippen molar-refractivity contribution < 1.29 is 24.1 Å². The number of hydrogen-bond acceptors (Lipinski definition) is 5. The monoisotopic (exact) mass is 446 g/mol. The van der Waals surface area contributed by atoms with Crippen molar-refractivity contribution in [1.29, 1.82) is 0 Å². The molecule has 1 atom stereocenters. The van der Waals surface area contributed by atoms with Gasteiger partial charge in [-0.15, -0.1) is 11.6 Å². The first kappa shape index (κ1) is 22.8. The van der Waals surface area contributed by atoms with Gasteiger partial charge in [0.1, 0.15) is 31.7 Å². The fourth-order valence-corrected chi connectivity index (χ4v) is 3.11. The zero-order chi connectivity index (χ0) is 20.5. The summed E-state index contributed by atoms with van der Waals surface area (Å²) in [6.07, 6.45) is -0.189.